The number of benzene rings is 2. The number of likely N-dealkylation sites (tertiary alicyclic amines) is 1. The van der Waals surface area contributed by atoms with Crippen LogP contribution >= 0.6 is 0 Å². The van der Waals surface area contributed by atoms with Crippen LogP contribution in [0.4, 0.5) is 0 Å². The second-order valence-corrected chi connectivity index (χ2v) is 9.41. The second kappa shape index (κ2) is 10.1. The van der Waals surface area contributed by atoms with Crippen LogP contribution in [0.25, 0.3) is 0 Å². The molecule has 31 heavy (non-hydrogen) atoms. The lowest BCUT2D eigenvalue weighted by Crippen LogP contribution is -2.41. The molecule has 3 rings (SSSR count). The van der Waals surface area contributed by atoms with E-state index in [-0.39, 0.29) is 29.6 Å². The summed E-state index contributed by atoms with van der Waals surface area (Å²) in [5, 5.41) is 13.4. The van der Waals surface area contributed by atoms with Gasteiger partial charge < -0.3 is 15.3 Å². The smallest absolute Gasteiger partial charge is 0.251 e. The summed E-state index contributed by atoms with van der Waals surface area (Å²) < 4.78 is 0. The molecule has 2 amide bonds. The zero-order valence-corrected chi connectivity index (χ0v) is 18.8. The molecule has 1 aliphatic rings. The van der Waals surface area contributed by atoms with E-state index in [1.807, 2.05) is 59.5 Å². The fourth-order valence-electron chi connectivity index (χ4n) is 4.05. The highest BCUT2D eigenvalue weighted by molar-refractivity contribution is 5.94. The first-order valence-corrected chi connectivity index (χ1v) is 11.2. The van der Waals surface area contributed by atoms with E-state index in [0.717, 1.165) is 18.4 Å². The predicted molar refractivity (Wildman–Crippen MR) is 123 cm³/mol. The van der Waals surface area contributed by atoms with Crippen molar-refractivity contribution in [1.29, 1.82) is 0 Å². The summed E-state index contributed by atoms with van der Waals surface area (Å²) in [6, 6.07) is 17.3. The number of piperidine rings is 1. The summed E-state index contributed by atoms with van der Waals surface area (Å²) in [5.74, 6) is 0.0659. The number of nitrogens with one attached hydrogen (secondary N) is 1. The lowest BCUT2D eigenvalue weighted by molar-refractivity contribution is -0.133. The van der Waals surface area contributed by atoms with E-state index in [0.29, 0.717) is 25.2 Å². The Kier molecular flexibility index (Phi) is 7.50. The van der Waals surface area contributed by atoms with Crippen LogP contribution in [0.5, 0.6) is 0 Å². The van der Waals surface area contributed by atoms with Gasteiger partial charge in [0, 0.05) is 31.6 Å². The van der Waals surface area contributed by atoms with Gasteiger partial charge in [-0.15, -0.1) is 0 Å². The van der Waals surface area contributed by atoms with Crippen LogP contribution in [-0.4, -0.2) is 41.5 Å². The maximum absolute atomic E-state index is 12.5. The monoisotopic (exact) mass is 422 g/mol. The lowest BCUT2D eigenvalue weighted by Gasteiger charge is -2.34. The molecule has 5 heteroatoms. The number of carbonyl (C=O) groups excluding carboxylic acids is 2. The third kappa shape index (κ3) is 6.17. The van der Waals surface area contributed by atoms with Crippen molar-refractivity contribution in [3.8, 4) is 0 Å². The molecule has 0 aromatic heterocycles. The summed E-state index contributed by atoms with van der Waals surface area (Å²) in [4.78, 5) is 26.7. The van der Waals surface area contributed by atoms with Crippen molar-refractivity contribution in [3.63, 3.8) is 0 Å². The molecule has 0 aliphatic carbocycles. The molecule has 1 atom stereocenters. The summed E-state index contributed by atoms with van der Waals surface area (Å²) in [5.41, 5.74) is 2.77. The molecule has 0 spiro atoms. The third-order valence-corrected chi connectivity index (χ3v) is 6.12. The Hall–Kier alpha value is -2.66. The number of hydrogen-bond donors (Lipinski definition) is 2. The Morgan fingerprint density at radius 3 is 2.23 bits per heavy atom. The minimum Gasteiger partial charge on any atom is -0.388 e. The van der Waals surface area contributed by atoms with E-state index in [1.165, 1.54) is 5.56 Å². The zero-order valence-electron chi connectivity index (χ0n) is 18.8. The topological polar surface area (TPSA) is 69.6 Å². The Labute approximate surface area is 185 Å². The van der Waals surface area contributed by atoms with Gasteiger partial charge in [0.1, 0.15) is 0 Å². The predicted octanol–water partition coefficient (Wildman–Crippen LogP) is 4.08. The average molecular weight is 423 g/mol. The molecule has 5 nitrogen and oxygen atoms in total. The average Bonchev–Trinajstić information content (AvgIpc) is 2.78. The van der Waals surface area contributed by atoms with Crippen molar-refractivity contribution in [3.05, 3.63) is 71.3 Å². The molecule has 0 bridgehead atoms. The normalized spacial score (nSPS) is 16.1. The molecule has 1 saturated heterocycles. The van der Waals surface area contributed by atoms with Gasteiger partial charge in [-0.1, -0.05) is 63.2 Å². The van der Waals surface area contributed by atoms with Crippen LogP contribution in [-0.2, 0) is 10.2 Å². The second-order valence-electron chi connectivity index (χ2n) is 9.41. The summed E-state index contributed by atoms with van der Waals surface area (Å²) >= 11 is 0. The molecule has 0 radical (unpaired) electrons. The van der Waals surface area contributed by atoms with E-state index >= 15 is 0 Å². The summed E-state index contributed by atoms with van der Waals surface area (Å²) in [7, 11) is 0. The first-order valence-electron chi connectivity index (χ1n) is 11.2. The van der Waals surface area contributed by atoms with Crippen molar-refractivity contribution >= 4 is 11.8 Å². The molecule has 1 fully saturated rings. The molecule has 1 heterocycles. The fourth-order valence-corrected chi connectivity index (χ4v) is 4.05. The van der Waals surface area contributed by atoms with Gasteiger partial charge in [0.2, 0.25) is 5.91 Å². The van der Waals surface area contributed by atoms with Crippen LogP contribution in [0.3, 0.4) is 0 Å². The number of hydrogen-bond acceptors (Lipinski definition) is 3. The van der Waals surface area contributed by atoms with Crippen LogP contribution in [0.15, 0.2) is 54.6 Å². The van der Waals surface area contributed by atoms with Gasteiger partial charge in [-0.2, -0.15) is 0 Å². The molecule has 1 unspecified atom stereocenters. The molecule has 1 aliphatic heterocycles. The van der Waals surface area contributed by atoms with Gasteiger partial charge in [-0.25, -0.2) is 0 Å². The Morgan fingerprint density at radius 2 is 1.65 bits per heavy atom. The molecular weight excluding hydrogens is 388 g/mol. The van der Waals surface area contributed by atoms with Crippen molar-refractivity contribution in [2.75, 3.05) is 19.6 Å². The Balaban J connectivity index is 1.41. The van der Waals surface area contributed by atoms with Gasteiger partial charge >= 0.3 is 0 Å². The maximum atomic E-state index is 12.5. The molecule has 166 valence electrons. The van der Waals surface area contributed by atoms with Crippen LogP contribution in [0.1, 0.15) is 67.6 Å². The van der Waals surface area contributed by atoms with E-state index < -0.39 is 6.10 Å². The van der Waals surface area contributed by atoms with Gasteiger partial charge in [0.25, 0.3) is 5.91 Å². The van der Waals surface area contributed by atoms with Gasteiger partial charge in [-0.05, 0) is 47.4 Å². The summed E-state index contributed by atoms with van der Waals surface area (Å²) in [6.45, 7) is 8.03. The quantitative estimate of drug-likeness (QED) is 0.737. The standard InChI is InChI=1S/C26H34N2O3/c1-26(2,3)22-11-9-21(10-12-22)25(31)27-16-13-23(29)28-17-14-20(15-18-28)24(30)19-7-5-4-6-8-19/h4-12,20,24,30H,13-18H2,1-3H3,(H,27,31). The number of aliphatic hydroxyl groups excluding tert-OH is 1. The summed E-state index contributed by atoms with van der Waals surface area (Å²) in [6.07, 6.45) is 1.38. The van der Waals surface area contributed by atoms with Gasteiger partial charge in [-0.3, -0.25) is 9.59 Å². The van der Waals surface area contributed by atoms with Crippen molar-refractivity contribution in [2.45, 2.75) is 51.6 Å². The van der Waals surface area contributed by atoms with Gasteiger partial charge in [0.15, 0.2) is 0 Å². The highest BCUT2D eigenvalue weighted by Gasteiger charge is 2.28. The number of carbonyl (C=O) groups is 2. The maximum Gasteiger partial charge on any atom is 0.251 e. The van der Waals surface area contributed by atoms with E-state index in [9.17, 15) is 14.7 Å². The lowest BCUT2D eigenvalue weighted by atomic mass is 9.87. The highest BCUT2D eigenvalue weighted by Crippen LogP contribution is 2.30. The van der Waals surface area contributed by atoms with E-state index in [2.05, 4.69) is 26.1 Å². The highest BCUT2D eigenvalue weighted by atomic mass is 16.3. The largest absolute Gasteiger partial charge is 0.388 e. The van der Waals surface area contributed by atoms with Crippen LogP contribution in [0.2, 0.25) is 0 Å². The number of nitrogens with zero attached hydrogens (tertiary/aromatic N) is 1. The van der Waals surface area contributed by atoms with E-state index in [4.69, 9.17) is 0 Å². The molecule has 2 N–H and O–H groups in total. The van der Waals surface area contributed by atoms with Gasteiger partial charge in [0.05, 0.1) is 6.10 Å². The Morgan fingerprint density at radius 1 is 1.03 bits per heavy atom. The molecule has 2 aromatic rings. The van der Waals surface area contributed by atoms with Crippen LogP contribution < -0.4 is 5.32 Å². The molecule has 2 aromatic carbocycles. The number of aliphatic hydroxyl groups is 1. The van der Waals surface area contributed by atoms with Crippen molar-refractivity contribution in [1.82, 2.24) is 10.2 Å². The first kappa shape index (κ1) is 23.0. The molecule has 0 saturated carbocycles. The molecular formula is C26H34N2O3. The van der Waals surface area contributed by atoms with E-state index in [1.54, 1.807) is 0 Å². The number of amides is 2. The van der Waals surface area contributed by atoms with Crippen molar-refractivity contribution in [2.24, 2.45) is 5.92 Å². The third-order valence-electron chi connectivity index (χ3n) is 6.12. The minimum absolute atomic E-state index is 0.0476. The first-order chi connectivity index (χ1) is 14.8. The van der Waals surface area contributed by atoms with Crippen LogP contribution in [0, 0.1) is 5.92 Å². The van der Waals surface area contributed by atoms with Crippen molar-refractivity contribution < 1.29 is 14.7 Å². The SMILES string of the molecule is CC(C)(C)c1ccc(C(=O)NCCC(=O)N2CCC(C(O)c3ccccc3)CC2)cc1. The Bertz CT molecular complexity index is 864. The zero-order chi connectivity index (χ0) is 22.4. The fraction of sp³-hybridized carbons (Fsp3) is 0.462. The minimum atomic E-state index is -0.484. The number of rotatable bonds is 6.